The van der Waals surface area contributed by atoms with Crippen molar-refractivity contribution in [1.29, 1.82) is 0 Å². The number of likely N-dealkylation sites (tertiary alicyclic amines) is 1. The summed E-state index contributed by atoms with van der Waals surface area (Å²) in [6.45, 7) is 4.00. The molecule has 0 spiro atoms. The molecule has 1 heterocycles. The van der Waals surface area contributed by atoms with Gasteiger partial charge in [0.25, 0.3) is 0 Å². The highest BCUT2D eigenvalue weighted by Gasteiger charge is 2.29. The van der Waals surface area contributed by atoms with Crippen molar-refractivity contribution >= 4 is 0 Å². The monoisotopic (exact) mass is 235 g/mol. The Labute approximate surface area is 103 Å². The van der Waals surface area contributed by atoms with E-state index in [-0.39, 0.29) is 6.04 Å². The second-order valence-electron chi connectivity index (χ2n) is 4.74. The summed E-state index contributed by atoms with van der Waals surface area (Å²) in [5.41, 5.74) is 0.987. The number of benzene rings is 1. The average molecular weight is 235 g/mol. The van der Waals surface area contributed by atoms with Crippen LogP contribution in [0.2, 0.25) is 0 Å². The third kappa shape index (κ3) is 2.86. The Bertz CT molecular complexity index is 341. The molecule has 1 saturated heterocycles. The van der Waals surface area contributed by atoms with Crippen molar-refractivity contribution in [2.75, 3.05) is 20.2 Å². The van der Waals surface area contributed by atoms with Gasteiger partial charge in [0, 0.05) is 26.2 Å². The van der Waals surface area contributed by atoms with Crippen LogP contribution in [0.3, 0.4) is 0 Å². The van der Waals surface area contributed by atoms with Crippen LogP contribution in [0.25, 0.3) is 0 Å². The molecule has 0 amide bonds. The van der Waals surface area contributed by atoms with Crippen LogP contribution in [-0.2, 0) is 4.74 Å². The predicted molar refractivity (Wildman–Crippen MR) is 67.9 cm³/mol. The number of hydrogen-bond donors (Lipinski definition) is 1. The molecule has 1 aromatic rings. The minimum atomic E-state index is -0.424. The Balaban J connectivity index is 1.98. The molecular formula is C14H21NO2. The summed E-state index contributed by atoms with van der Waals surface area (Å²) in [5, 5.41) is 10.3. The number of ether oxygens (including phenoxy) is 1. The quantitative estimate of drug-likeness (QED) is 0.864. The van der Waals surface area contributed by atoms with Crippen molar-refractivity contribution in [3.05, 3.63) is 35.9 Å². The van der Waals surface area contributed by atoms with Gasteiger partial charge in [0.2, 0.25) is 0 Å². The largest absolute Gasteiger partial charge is 0.387 e. The van der Waals surface area contributed by atoms with Gasteiger partial charge in [0.1, 0.15) is 0 Å². The summed E-state index contributed by atoms with van der Waals surface area (Å²) < 4.78 is 5.35. The Morgan fingerprint density at radius 2 is 2.06 bits per heavy atom. The fourth-order valence-electron chi connectivity index (χ4n) is 2.44. The Morgan fingerprint density at radius 1 is 1.35 bits per heavy atom. The van der Waals surface area contributed by atoms with Gasteiger partial charge < -0.3 is 9.84 Å². The maximum atomic E-state index is 10.3. The normalized spacial score (nSPS) is 24.8. The Kier molecular flexibility index (Phi) is 4.15. The zero-order valence-electron chi connectivity index (χ0n) is 10.5. The molecule has 94 valence electrons. The number of hydrogen-bond acceptors (Lipinski definition) is 3. The van der Waals surface area contributed by atoms with Gasteiger partial charge in [-0.1, -0.05) is 30.3 Å². The van der Waals surface area contributed by atoms with Crippen LogP contribution in [0.5, 0.6) is 0 Å². The van der Waals surface area contributed by atoms with E-state index in [0.717, 1.165) is 25.1 Å². The zero-order chi connectivity index (χ0) is 12.3. The van der Waals surface area contributed by atoms with Gasteiger partial charge in [-0.05, 0) is 18.9 Å². The third-order valence-electron chi connectivity index (χ3n) is 3.68. The highest BCUT2D eigenvalue weighted by atomic mass is 16.5. The van der Waals surface area contributed by atoms with E-state index in [9.17, 15) is 5.11 Å². The first-order valence-corrected chi connectivity index (χ1v) is 6.22. The molecule has 17 heavy (non-hydrogen) atoms. The highest BCUT2D eigenvalue weighted by molar-refractivity contribution is 5.18. The Hall–Kier alpha value is -0.900. The van der Waals surface area contributed by atoms with Crippen LogP contribution in [0.15, 0.2) is 30.3 Å². The fraction of sp³-hybridized carbons (Fsp3) is 0.571. The third-order valence-corrected chi connectivity index (χ3v) is 3.68. The van der Waals surface area contributed by atoms with Crippen molar-refractivity contribution in [2.24, 2.45) is 0 Å². The topological polar surface area (TPSA) is 32.7 Å². The molecule has 0 radical (unpaired) electrons. The smallest absolute Gasteiger partial charge is 0.0942 e. The van der Waals surface area contributed by atoms with Crippen molar-refractivity contribution in [2.45, 2.75) is 31.6 Å². The van der Waals surface area contributed by atoms with Gasteiger partial charge in [0.05, 0.1) is 12.2 Å². The van der Waals surface area contributed by atoms with E-state index >= 15 is 0 Å². The van der Waals surface area contributed by atoms with Gasteiger partial charge in [-0.25, -0.2) is 0 Å². The highest BCUT2D eigenvalue weighted by Crippen LogP contribution is 2.24. The Morgan fingerprint density at radius 3 is 2.65 bits per heavy atom. The standard InChI is InChI=1S/C14H21NO2/c1-11(15-9-8-13(10-15)17-2)14(16)12-6-4-3-5-7-12/h3-7,11,13-14,16H,8-10H2,1-2H3. The second kappa shape index (κ2) is 5.63. The minimum Gasteiger partial charge on any atom is -0.387 e. The predicted octanol–water partition coefficient (Wildman–Crippen LogP) is 1.83. The SMILES string of the molecule is COC1CCN(C(C)C(O)c2ccccc2)C1. The molecule has 3 unspecified atom stereocenters. The molecule has 1 aliphatic rings. The maximum Gasteiger partial charge on any atom is 0.0942 e. The lowest BCUT2D eigenvalue weighted by atomic mass is 10.0. The van der Waals surface area contributed by atoms with Crippen LogP contribution < -0.4 is 0 Å². The molecule has 0 saturated carbocycles. The lowest BCUT2D eigenvalue weighted by Crippen LogP contribution is -2.36. The number of aliphatic hydroxyl groups is 1. The van der Waals surface area contributed by atoms with Crippen molar-refractivity contribution < 1.29 is 9.84 Å². The van der Waals surface area contributed by atoms with E-state index in [1.807, 2.05) is 30.3 Å². The van der Waals surface area contributed by atoms with Gasteiger partial charge in [-0.15, -0.1) is 0 Å². The molecule has 1 aromatic carbocycles. The molecule has 3 nitrogen and oxygen atoms in total. The van der Waals surface area contributed by atoms with Gasteiger partial charge in [-0.2, -0.15) is 0 Å². The lowest BCUT2D eigenvalue weighted by molar-refractivity contribution is 0.0539. The summed E-state index contributed by atoms with van der Waals surface area (Å²) in [7, 11) is 1.76. The summed E-state index contributed by atoms with van der Waals surface area (Å²) >= 11 is 0. The molecule has 1 aliphatic heterocycles. The number of nitrogens with zero attached hydrogens (tertiary/aromatic N) is 1. The van der Waals surface area contributed by atoms with Crippen LogP contribution in [0.1, 0.15) is 25.0 Å². The average Bonchev–Trinajstić information content (AvgIpc) is 2.87. The van der Waals surface area contributed by atoms with E-state index in [1.54, 1.807) is 7.11 Å². The number of rotatable bonds is 4. The molecule has 3 heteroatoms. The van der Waals surface area contributed by atoms with Gasteiger partial charge >= 0.3 is 0 Å². The first-order valence-electron chi connectivity index (χ1n) is 6.22. The van der Waals surface area contributed by atoms with Crippen molar-refractivity contribution in [3.63, 3.8) is 0 Å². The number of aliphatic hydroxyl groups excluding tert-OH is 1. The lowest BCUT2D eigenvalue weighted by Gasteiger charge is -2.28. The summed E-state index contributed by atoms with van der Waals surface area (Å²) in [4.78, 5) is 2.30. The van der Waals surface area contributed by atoms with E-state index in [4.69, 9.17) is 4.74 Å². The van der Waals surface area contributed by atoms with Crippen LogP contribution >= 0.6 is 0 Å². The molecule has 1 N–H and O–H groups in total. The molecule has 0 bridgehead atoms. The van der Waals surface area contributed by atoms with Crippen LogP contribution in [0.4, 0.5) is 0 Å². The van der Waals surface area contributed by atoms with Crippen molar-refractivity contribution in [3.8, 4) is 0 Å². The molecule has 0 aromatic heterocycles. The van der Waals surface area contributed by atoms with E-state index in [0.29, 0.717) is 6.10 Å². The zero-order valence-corrected chi connectivity index (χ0v) is 10.5. The van der Waals surface area contributed by atoms with E-state index in [2.05, 4.69) is 11.8 Å². The van der Waals surface area contributed by atoms with Crippen molar-refractivity contribution in [1.82, 2.24) is 4.90 Å². The second-order valence-corrected chi connectivity index (χ2v) is 4.74. The molecular weight excluding hydrogens is 214 g/mol. The molecule has 1 fully saturated rings. The first kappa shape index (κ1) is 12.6. The molecule has 0 aliphatic carbocycles. The first-order chi connectivity index (χ1) is 8.22. The molecule has 2 rings (SSSR count). The number of methoxy groups -OCH3 is 1. The van der Waals surface area contributed by atoms with Crippen LogP contribution in [-0.4, -0.2) is 42.4 Å². The summed E-state index contributed by atoms with van der Waals surface area (Å²) in [6, 6.07) is 9.99. The molecule has 3 atom stereocenters. The summed E-state index contributed by atoms with van der Waals surface area (Å²) in [6.07, 6.45) is 0.953. The van der Waals surface area contributed by atoms with Gasteiger partial charge in [0.15, 0.2) is 0 Å². The van der Waals surface area contributed by atoms with Gasteiger partial charge in [-0.3, -0.25) is 4.90 Å². The maximum absolute atomic E-state index is 10.3. The summed E-state index contributed by atoms with van der Waals surface area (Å²) in [5.74, 6) is 0. The van der Waals surface area contributed by atoms with E-state index in [1.165, 1.54) is 0 Å². The minimum absolute atomic E-state index is 0.137. The fourth-order valence-corrected chi connectivity index (χ4v) is 2.44. The van der Waals surface area contributed by atoms with E-state index < -0.39 is 6.10 Å². The van der Waals surface area contributed by atoms with Crippen LogP contribution in [0, 0.1) is 0 Å².